The van der Waals surface area contributed by atoms with Crippen LogP contribution in [-0.4, -0.2) is 49.2 Å². The molecule has 1 spiro atoms. The number of fused-ring (bicyclic) bond motifs is 2. The number of sulfone groups is 1. The highest BCUT2D eigenvalue weighted by atomic mass is 32.2. The third kappa shape index (κ3) is 2.72. The van der Waals surface area contributed by atoms with E-state index in [9.17, 15) is 23.3 Å². The van der Waals surface area contributed by atoms with Gasteiger partial charge in [0.05, 0.1) is 17.2 Å². The molecular weight excluding hydrogens is 366 g/mol. The van der Waals surface area contributed by atoms with Gasteiger partial charge in [-0.2, -0.15) is 5.26 Å². The van der Waals surface area contributed by atoms with Crippen molar-refractivity contribution in [2.24, 2.45) is 5.92 Å². The minimum atomic E-state index is -3.50. The number of nitriles is 1. The van der Waals surface area contributed by atoms with Crippen LogP contribution >= 0.6 is 0 Å². The van der Waals surface area contributed by atoms with Crippen LogP contribution in [0.4, 0.5) is 5.69 Å². The second kappa shape index (κ2) is 6.34. The van der Waals surface area contributed by atoms with Crippen LogP contribution in [0.25, 0.3) is 0 Å². The standard InChI is InChI=1S/C19H21N3O4S/c20-9-13-10-22(17(23)11-27(25,26)14-5-1-2-6-14)12-19(13)15-7-3-4-8-16(15)21-18(19)24/h3-4,7-8,13-14H,1-2,5-6,10-12H2,(H,21,24)/t13-,19+/m1/s1. The zero-order valence-corrected chi connectivity index (χ0v) is 15.7. The highest BCUT2D eigenvalue weighted by Gasteiger charge is 2.58. The first-order valence-electron chi connectivity index (χ1n) is 9.18. The van der Waals surface area contributed by atoms with E-state index in [4.69, 9.17) is 0 Å². The van der Waals surface area contributed by atoms with E-state index in [0.717, 1.165) is 12.8 Å². The normalized spacial score (nSPS) is 27.6. The van der Waals surface area contributed by atoms with E-state index in [1.165, 1.54) is 4.90 Å². The first-order valence-corrected chi connectivity index (χ1v) is 10.9. The summed E-state index contributed by atoms with van der Waals surface area (Å²) in [5.74, 6) is -2.07. The van der Waals surface area contributed by atoms with Gasteiger partial charge in [0.2, 0.25) is 11.8 Å². The predicted molar refractivity (Wildman–Crippen MR) is 98.5 cm³/mol. The van der Waals surface area contributed by atoms with E-state index in [0.29, 0.717) is 24.1 Å². The molecule has 1 aromatic carbocycles. The molecule has 0 bridgehead atoms. The number of para-hydroxylation sites is 1. The highest BCUT2D eigenvalue weighted by Crippen LogP contribution is 2.47. The summed E-state index contributed by atoms with van der Waals surface area (Å²) in [7, 11) is -3.50. The van der Waals surface area contributed by atoms with Crippen LogP contribution in [0.5, 0.6) is 0 Å². The number of hydrogen-bond acceptors (Lipinski definition) is 5. The summed E-state index contributed by atoms with van der Waals surface area (Å²) in [6.07, 6.45) is 2.96. The Bertz CT molecular complexity index is 946. The Morgan fingerprint density at radius 1 is 1.30 bits per heavy atom. The van der Waals surface area contributed by atoms with Gasteiger partial charge < -0.3 is 10.2 Å². The van der Waals surface area contributed by atoms with Crippen LogP contribution in [0.15, 0.2) is 24.3 Å². The molecular formula is C19H21N3O4S. The summed E-state index contributed by atoms with van der Waals surface area (Å²) < 4.78 is 25.1. The number of rotatable bonds is 3. The van der Waals surface area contributed by atoms with E-state index >= 15 is 0 Å². The van der Waals surface area contributed by atoms with Crippen molar-refractivity contribution >= 4 is 27.3 Å². The molecule has 4 rings (SSSR count). The molecule has 0 unspecified atom stereocenters. The maximum atomic E-state index is 12.8. The average molecular weight is 387 g/mol. The van der Waals surface area contributed by atoms with Crippen molar-refractivity contribution in [2.75, 3.05) is 24.2 Å². The van der Waals surface area contributed by atoms with Crippen molar-refractivity contribution in [3.63, 3.8) is 0 Å². The van der Waals surface area contributed by atoms with Gasteiger partial charge in [-0.25, -0.2) is 8.42 Å². The summed E-state index contributed by atoms with van der Waals surface area (Å²) in [5, 5.41) is 12.0. The number of benzene rings is 1. The van der Waals surface area contributed by atoms with Gasteiger partial charge in [-0.1, -0.05) is 31.0 Å². The Labute approximate surface area is 158 Å². The fraction of sp³-hybridized carbons (Fsp3) is 0.526. The number of likely N-dealkylation sites (tertiary alicyclic amines) is 1. The van der Waals surface area contributed by atoms with Gasteiger partial charge in [0.1, 0.15) is 11.2 Å². The van der Waals surface area contributed by atoms with Crippen molar-refractivity contribution in [2.45, 2.75) is 36.3 Å². The summed E-state index contributed by atoms with van der Waals surface area (Å²) in [6, 6.07) is 9.32. The van der Waals surface area contributed by atoms with Crippen molar-refractivity contribution < 1.29 is 18.0 Å². The Kier molecular flexibility index (Phi) is 4.22. The molecule has 0 aromatic heterocycles. The Morgan fingerprint density at radius 3 is 2.70 bits per heavy atom. The van der Waals surface area contributed by atoms with E-state index in [2.05, 4.69) is 11.4 Å². The van der Waals surface area contributed by atoms with Gasteiger partial charge in [0, 0.05) is 18.8 Å². The smallest absolute Gasteiger partial charge is 0.238 e. The molecule has 0 radical (unpaired) electrons. The Hall–Kier alpha value is -2.40. The quantitative estimate of drug-likeness (QED) is 0.839. The number of carbonyl (C=O) groups excluding carboxylic acids is 2. The van der Waals surface area contributed by atoms with Gasteiger partial charge in [0.15, 0.2) is 9.84 Å². The maximum absolute atomic E-state index is 12.8. The van der Waals surface area contributed by atoms with Crippen LogP contribution in [0.1, 0.15) is 31.2 Å². The predicted octanol–water partition coefficient (Wildman–Crippen LogP) is 1.22. The summed E-state index contributed by atoms with van der Waals surface area (Å²) in [5.41, 5.74) is 0.226. The molecule has 2 heterocycles. The summed E-state index contributed by atoms with van der Waals surface area (Å²) >= 11 is 0. The van der Waals surface area contributed by atoms with Crippen LogP contribution in [0.2, 0.25) is 0 Å². The van der Waals surface area contributed by atoms with Gasteiger partial charge in [-0.05, 0) is 24.5 Å². The lowest BCUT2D eigenvalue weighted by atomic mass is 9.74. The number of nitrogens with one attached hydrogen (secondary N) is 1. The van der Waals surface area contributed by atoms with Gasteiger partial charge in [-0.15, -0.1) is 0 Å². The molecule has 2 amide bonds. The van der Waals surface area contributed by atoms with E-state index in [1.54, 1.807) is 24.3 Å². The van der Waals surface area contributed by atoms with Crippen LogP contribution < -0.4 is 5.32 Å². The average Bonchev–Trinajstić information content (AvgIpc) is 3.35. The van der Waals surface area contributed by atoms with Crippen molar-refractivity contribution in [1.29, 1.82) is 5.26 Å². The van der Waals surface area contributed by atoms with Crippen molar-refractivity contribution in [3.8, 4) is 6.07 Å². The third-order valence-electron chi connectivity index (χ3n) is 6.14. The lowest BCUT2D eigenvalue weighted by Gasteiger charge is -2.24. The van der Waals surface area contributed by atoms with Gasteiger partial charge in [0.25, 0.3) is 0 Å². The van der Waals surface area contributed by atoms with Gasteiger partial charge in [-0.3, -0.25) is 9.59 Å². The summed E-state index contributed by atoms with van der Waals surface area (Å²) in [4.78, 5) is 26.9. The molecule has 1 saturated carbocycles. The fourth-order valence-corrected chi connectivity index (χ4v) is 6.48. The number of hydrogen-bond donors (Lipinski definition) is 1. The minimum absolute atomic E-state index is 0.0348. The van der Waals surface area contributed by atoms with Crippen LogP contribution in [0, 0.1) is 17.2 Å². The molecule has 142 valence electrons. The van der Waals surface area contributed by atoms with Crippen molar-refractivity contribution in [1.82, 2.24) is 4.90 Å². The highest BCUT2D eigenvalue weighted by molar-refractivity contribution is 7.92. The third-order valence-corrected chi connectivity index (χ3v) is 8.28. The minimum Gasteiger partial charge on any atom is -0.339 e. The molecule has 8 heteroatoms. The number of anilines is 1. The molecule has 7 nitrogen and oxygen atoms in total. The Balaban J connectivity index is 1.60. The lowest BCUT2D eigenvalue weighted by Crippen LogP contribution is -2.43. The van der Waals surface area contributed by atoms with Gasteiger partial charge >= 0.3 is 0 Å². The maximum Gasteiger partial charge on any atom is 0.238 e. The Morgan fingerprint density at radius 2 is 2.00 bits per heavy atom. The number of nitrogens with zero attached hydrogens (tertiary/aromatic N) is 2. The summed E-state index contributed by atoms with van der Waals surface area (Å²) in [6.45, 7) is 0.102. The topological polar surface area (TPSA) is 107 Å². The number of carbonyl (C=O) groups is 2. The zero-order chi connectivity index (χ0) is 19.2. The molecule has 1 aliphatic carbocycles. The first-order chi connectivity index (χ1) is 12.9. The van der Waals surface area contributed by atoms with Crippen LogP contribution in [-0.2, 0) is 24.8 Å². The number of amides is 2. The molecule has 3 aliphatic rings. The molecule has 27 heavy (non-hydrogen) atoms. The van der Waals surface area contributed by atoms with E-state index < -0.39 is 38.1 Å². The monoisotopic (exact) mass is 387 g/mol. The van der Waals surface area contributed by atoms with E-state index in [-0.39, 0.29) is 19.0 Å². The van der Waals surface area contributed by atoms with E-state index in [1.807, 2.05) is 0 Å². The van der Waals surface area contributed by atoms with Crippen molar-refractivity contribution in [3.05, 3.63) is 29.8 Å². The molecule has 2 fully saturated rings. The molecule has 2 atom stereocenters. The largest absolute Gasteiger partial charge is 0.339 e. The zero-order valence-electron chi connectivity index (χ0n) is 14.8. The molecule has 1 aromatic rings. The molecule has 1 saturated heterocycles. The fourth-order valence-electron chi connectivity index (χ4n) is 4.66. The first kappa shape index (κ1) is 18.0. The van der Waals surface area contributed by atoms with Crippen LogP contribution in [0.3, 0.4) is 0 Å². The lowest BCUT2D eigenvalue weighted by molar-refractivity contribution is -0.128. The molecule has 1 N–H and O–H groups in total. The SMILES string of the molecule is N#C[C@@H]1CN(C(=O)CS(=O)(=O)C2CCCC2)C[C@]12C(=O)Nc1ccccc12. The molecule has 2 aliphatic heterocycles. The second-order valence-electron chi connectivity index (χ2n) is 7.64. The second-order valence-corrected chi connectivity index (χ2v) is 9.92.